The lowest BCUT2D eigenvalue weighted by Gasteiger charge is -2.03. The van der Waals surface area contributed by atoms with Crippen molar-refractivity contribution in [1.29, 1.82) is 0 Å². The minimum atomic E-state index is 0.820. The molecule has 0 unspecified atom stereocenters. The van der Waals surface area contributed by atoms with Crippen molar-refractivity contribution in [2.45, 2.75) is 20.8 Å². The Morgan fingerprint density at radius 2 is 1.20 bits per heavy atom. The van der Waals surface area contributed by atoms with E-state index in [4.69, 9.17) is 0 Å². The molecule has 0 bridgehead atoms. The zero-order valence-electron chi connectivity index (χ0n) is 14.8. The molecule has 0 radical (unpaired) electrons. The molecule has 25 heavy (non-hydrogen) atoms. The third kappa shape index (κ3) is 4.27. The Balaban J connectivity index is 1.86. The second-order valence-corrected chi connectivity index (χ2v) is 6.03. The number of pyridine rings is 1. The smallest absolute Gasteiger partial charge is 0.0849 e. The first-order chi connectivity index (χ1) is 12.1. The number of benzene rings is 2. The number of para-hydroxylation sites is 2. The van der Waals surface area contributed by atoms with Crippen LogP contribution < -0.4 is 0 Å². The predicted molar refractivity (Wildman–Crippen MR) is 106 cm³/mol. The average molecular weight is 327 g/mol. The highest BCUT2D eigenvalue weighted by Gasteiger charge is 2.00. The highest BCUT2D eigenvalue weighted by atomic mass is 14.8. The molecule has 3 nitrogen and oxygen atoms in total. The van der Waals surface area contributed by atoms with E-state index in [0.717, 1.165) is 39.5 Å². The van der Waals surface area contributed by atoms with E-state index in [0.29, 0.717) is 0 Å². The molecule has 0 fully saturated rings. The summed E-state index contributed by atoms with van der Waals surface area (Å²) >= 11 is 0. The van der Waals surface area contributed by atoms with E-state index in [1.165, 1.54) is 0 Å². The average Bonchev–Trinajstić information content (AvgIpc) is 2.62. The molecule has 0 aliphatic rings. The fraction of sp³-hybridized carbons (Fsp3) is 0.136. The van der Waals surface area contributed by atoms with Crippen LogP contribution in [0.25, 0.3) is 0 Å². The first kappa shape index (κ1) is 16.8. The molecule has 0 aliphatic carbocycles. The maximum absolute atomic E-state index is 4.66. The van der Waals surface area contributed by atoms with Gasteiger partial charge in [0.1, 0.15) is 0 Å². The van der Waals surface area contributed by atoms with E-state index in [2.05, 4.69) is 40.9 Å². The number of aromatic nitrogens is 1. The van der Waals surface area contributed by atoms with Gasteiger partial charge in [0.25, 0.3) is 0 Å². The van der Waals surface area contributed by atoms with E-state index in [9.17, 15) is 0 Å². The van der Waals surface area contributed by atoms with Crippen LogP contribution in [-0.4, -0.2) is 17.4 Å². The molecule has 3 heteroatoms. The minimum Gasteiger partial charge on any atom is -0.254 e. The molecular weight excluding hydrogens is 306 g/mol. The molecular formula is C22H21N3. The summed E-state index contributed by atoms with van der Waals surface area (Å²) in [7, 11) is 0. The van der Waals surface area contributed by atoms with Gasteiger partial charge in [0.2, 0.25) is 0 Å². The largest absolute Gasteiger partial charge is 0.254 e. The molecule has 0 saturated heterocycles. The van der Waals surface area contributed by atoms with Crippen molar-refractivity contribution in [3.63, 3.8) is 0 Å². The predicted octanol–water partition coefficient (Wildman–Crippen LogP) is 5.51. The molecule has 0 amide bonds. The molecule has 3 rings (SSSR count). The maximum Gasteiger partial charge on any atom is 0.0849 e. The molecule has 0 aliphatic heterocycles. The first-order valence-electron chi connectivity index (χ1n) is 8.30. The summed E-state index contributed by atoms with van der Waals surface area (Å²) in [4.78, 5) is 13.8. The van der Waals surface area contributed by atoms with Gasteiger partial charge in [0.05, 0.1) is 35.2 Å². The number of aryl methyl sites for hydroxylation is 3. The van der Waals surface area contributed by atoms with Crippen LogP contribution in [0.15, 0.2) is 70.6 Å². The molecule has 1 heterocycles. The number of nitrogens with zero attached hydrogens (tertiary/aromatic N) is 3. The Kier molecular flexibility index (Phi) is 5.14. The van der Waals surface area contributed by atoms with Gasteiger partial charge in [-0.25, -0.2) is 4.98 Å². The first-order valence-corrected chi connectivity index (χ1v) is 8.30. The van der Waals surface area contributed by atoms with Gasteiger partial charge >= 0.3 is 0 Å². The molecule has 0 saturated carbocycles. The van der Waals surface area contributed by atoms with Crippen LogP contribution in [0.2, 0.25) is 0 Å². The molecule has 1 aromatic heterocycles. The molecule has 124 valence electrons. The van der Waals surface area contributed by atoms with E-state index < -0.39 is 0 Å². The van der Waals surface area contributed by atoms with Gasteiger partial charge < -0.3 is 0 Å². The second kappa shape index (κ2) is 7.67. The number of rotatable bonds is 4. The second-order valence-electron chi connectivity index (χ2n) is 6.03. The van der Waals surface area contributed by atoms with Gasteiger partial charge in [-0.3, -0.25) is 9.98 Å². The van der Waals surface area contributed by atoms with Crippen LogP contribution in [0, 0.1) is 20.8 Å². The zero-order valence-corrected chi connectivity index (χ0v) is 14.8. The fourth-order valence-corrected chi connectivity index (χ4v) is 2.45. The molecule has 3 aromatic rings. The van der Waals surface area contributed by atoms with Crippen LogP contribution in [-0.2, 0) is 0 Å². The number of hydrogen-bond donors (Lipinski definition) is 0. The van der Waals surface area contributed by atoms with Crippen LogP contribution in [0.3, 0.4) is 0 Å². The monoisotopic (exact) mass is 327 g/mol. The van der Waals surface area contributed by atoms with Gasteiger partial charge in [-0.1, -0.05) is 42.5 Å². The van der Waals surface area contributed by atoms with E-state index >= 15 is 0 Å². The van der Waals surface area contributed by atoms with Crippen molar-refractivity contribution in [1.82, 2.24) is 4.98 Å². The Morgan fingerprint density at radius 3 is 1.80 bits per heavy atom. The molecule has 0 spiro atoms. The lowest BCUT2D eigenvalue weighted by molar-refractivity contribution is 1.22. The SMILES string of the molecule is Cc1ccccc1N=Cc1ccc(C)c(C=Nc2ccccc2C)n1. The van der Waals surface area contributed by atoms with Gasteiger partial charge in [0, 0.05) is 0 Å². The Hall–Kier alpha value is -3.07. The van der Waals surface area contributed by atoms with Crippen molar-refractivity contribution >= 4 is 23.8 Å². The van der Waals surface area contributed by atoms with Gasteiger partial charge in [0.15, 0.2) is 0 Å². The third-order valence-corrected chi connectivity index (χ3v) is 4.05. The molecule has 2 aromatic carbocycles. The van der Waals surface area contributed by atoms with Crippen LogP contribution in [0.1, 0.15) is 28.1 Å². The van der Waals surface area contributed by atoms with Crippen molar-refractivity contribution in [2.75, 3.05) is 0 Å². The summed E-state index contributed by atoms with van der Waals surface area (Å²) in [5.74, 6) is 0. The number of aliphatic imine (C=N–C) groups is 2. The van der Waals surface area contributed by atoms with Gasteiger partial charge in [-0.2, -0.15) is 0 Å². The third-order valence-electron chi connectivity index (χ3n) is 4.05. The van der Waals surface area contributed by atoms with E-state index in [-0.39, 0.29) is 0 Å². The summed E-state index contributed by atoms with van der Waals surface area (Å²) < 4.78 is 0. The van der Waals surface area contributed by atoms with Crippen molar-refractivity contribution in [3.8, 4) is 0 Å². The summed E-state index contributed by atoms with van der Waals surface area (Å²) in [6.07, 6.45) is 3.62. The van der Waals surface area contributed by atoms with E-state index in [1.807, 2.05) is 61.7 Å². The summed E-state index contributed by atoms with van der Waals surface area (Å²) in [5.41, 5.74) is 6.98. The minimum absolute atomic E-state index is 0.820. The Bertz CT molecular complexity index is 940. The molecule has 0 atom stereocenters. The van der Waals surface area contributed by atoms with Crippen molar-refractivity contribution < 1.29 is 0 Å². The van der Waals surface area contributed by atoms with E-state index in [1.54, 1.807) is 6.21 Å². The quantitative estimate of drug-likeness (QED) is 0.582. The van der Waals surface area contributed by atoms with Gasteiger partial charge in [-0.15, -0.1) is 0 Å². The highest BCUT2D eigenvalue weighted by molar-refractivity contribution is 5.85. The standard InChI is InChI=1S/C22H21N3/c1-16-8-4-6-10-20(16)23-14-19-13-12-18(3)22(25-19)15-24-21-11-7-5-9-17(21)2/h4-15H,1-3H3. The van der Waals surface area contributed by atoms with Crippen LogP contribution in [0.4, 0.5) is 11.4 Å². The number of hydrogen-bond acceptors (Lipinski definition) is 3. The Labute approximate surface area is 148 Å². The summed E-state index contributed by atoms with van der Waals surface area (Å²) in [5, 5.41) is 0. The normalized spacial score (nSPS) is 11.5. The fourth-order valence-electron chi connectivity index (χ4n) is 2.45. The maximum atomic E-state index is 4.66. The van der Waals surface area contributed by atoms with Gasteiger partial charge in [-0.05, 0) is 55.7 Å². The van der Waals surface area contributed by atoms with Crippen LogP contribution in [0.5, 0.6) is 0 Å². The van der Waals surface area contributed by atoms with Crippen molar-refractivity contribution in [3.05, 3.63) is 88.7 Å². The topological polar surface area (TPSA) is 37.6 Å². The lowest BCUT2D eigenvalue weighted by Crippen LogP contribution is -1.97. The molecule has 0 N–H and O–H groups in total. The van der Waals surface area contributed by atoms with Crippen LogP contribution >= 0.6 is 0 Å². The summed E-state index contributed by atoms with van der Waals surface area (Å²) in [6.45, 7) is 6.14. The Morgan fingerprint density at radius 1 is 0.640 bits per heavy atom. The zero-order chi connectivity index (χ0) is 17.6. The lowest BCUT2D eigenvalue weighted by atomic mass is 10.2. The summed E-state index contributed by atoms with van der Waals surface area (Å²) in [6, 6.07) is 20.1. The highest BCUT2D eigenvalue weighted by Crippen LogP contribution is 2.18. The van der Waals surface area contributed by atoms with Crippen molar-refractivity contribution in [2.24, 2.45) is 9.98 Å².